The molecule has 0 bridgehead atoms. The van der Waals surface area contributed by atoms with Crippen molar-refractivity contribution in [3.05, 3.63) is 12.2 Å². The highest BCUT2D eigenvalue weighted by molar-refractivity contribution is 5.76. The number of nitrogens with zero attached hydrogens (tertiary/aromatic N) is 2. The Morgan fingerprint density at radius 1 is 0.912 bits per heavy atom. The lowest BCUT2D eigenvalue weighted by atomic mass is 9.79. The van der Waals surface area contributed by atoms with Crippen LogP contribution < -0.4 is 22.1 Å². The molecule has 2 spiro atoms. The largest absolute Gasteiger partial charge is 0.465 e. The first-order valence-corrected chi connectivity index (χ1v) is 23.6. The zero-order valence-electron chi connectivity index (χ0n) is 35.9. The molecule has 5 aliphatic rings. The van der Waals surface area contributed by atoms with Crippen molar-refractivity contribution in [3.8, 4) is 0 Å². The minimum Gasteiger partial charge on any atom is -0.465 e. The molecule has 9 unspecified atom stereocenters. The molecule has 5 heterocycles. The molecule has 57 heavy (non-hydrogen) atoms. The Kier molecular flexibility index (Phi) is 19.5. The second-order valence-corrected chi connectivity index (χ2v) is 18.1. The predicted molar refractivity (Wildman–Crippen MR) is 226 cm³/mol. The highest BCUT2D eigenvalue weighted by atomic mass is 16.6. The second-order valence-electron chi connectivity index (χ2n) is 18.1. The third-order valence-electron chi connectivity index (χ3n) is 13.5. The Morgan fingerprint density at radius 2 is 1.61 bits per heavy atom. The summed E-state index contributed by atoms with van der Waals surface area (Å²) in [5.41, 5.74) is 10.1. The van der Waals surface area contributed by atoms with Gasteiger partial charge in [0.25, 0.3) is 0 Å². The summed E-state index contributed by atoms with van der Waals surface area (Å²) in [5.74, 6) is -0.302. The van der Waals surface area contributed by atoms with Gasteiger partial charge in [-0.15, -0.1) is 0 Å². The van der Waals surface area contributed by atoms with Gasteiger partial charge < -0.3 is 35.7 Å². The van der Waals surface area contributed by atoms with E-state index in [-0.39, 0.29) is 48.1 Å². The number of nitrogens with two attached hydrogens (primary N) is 2. The Balaban J connectivity index is 0.931. The average Bonchev–Trinajstić information content (AvgIpc) is 3.49. The van der Waals surface area contributed by atoms with Gasteiger partial charge >= 0.3 is 5.97 Å². The van der Waals surface area contributed by atoms with Crippen molar-refractivity contribution < 1.29 is 28.9 Å². The normalized spacial score (nSPS) is 31.7. The molecule has 1 amide bonds. The Morgan fingerprint density at radius 3 is 2.28 bits per heavy atom. The number of hydrogen-bond donors (Lipinski definition) is 5. The van der Waals surface area contributed by atoms with Gasteiger partial charge in [0, 0.05) is 38.0 Å². The maximum atomic E-state index is 14.1. The number of nitrogens with one attached hydrogen (secondary N) is 2. The molecule has 12 heteroatoms. The summed E-state index contributed by atoms with van der Waals surface area (Å²) in [6.07, 6.45) is 29.9. The SMILES string of the molecule is CCC1C=CCCC2(CC3CCC4C(C(=O)OCCCCCCCCCCCCCCCC(=O)N(CCCN)CC(O)CCN)C5(CCCC(C)O5)NC(N2)N34)O1. The standard InChI is InChI=1S/C45H82N6O6/c1-3-38-22-16-17-27-44(57-38)33-36-24-25-39-41(45(28-19-21-35(2)56-45)49-43(48-44)51(36)39)42(54)55-32-18-14-12-10-8-6-4-5-7-9-11-13-15-23-40(53)50(31-20-29-46)34-37(52)26-30-47/h16,22,35-39,41,43,48-49,52H,3-15,17-21,23-34,46-47H2,1-2H3. The van der Waals surface area contributed by atoms with E-state index in [1.54, 1.807) is 4.90 Å². The molecule has 4 saturated heterocycles. The molecule has 9 atom stereocenters. The first-order valence-electron chi connectivity index (χ1n) is 23.6. The van der Waals surface area contributed by atoms with Crippen LogP contribution in [0.5, 0.6) is 0 Å². The van der Waals surface area contributed by atoms with Crippen LogP contribution in [0, 0.1) is 5.92 Å². The maximum Gasteiger partial charge on any atom is 0.314 e. The number of carbonyl (C=O) groups excluding carboxylic acids is 2. The topological polar surface area (TPSA) is 165 Å². The molecular formula is C45H82N6O6. The lowest BCUT2D eigenvalue weighted by molar-refractivity contribution is -0.255. The molecule has 4 fully saturated rings. The summed E-state index contributed by atoms with van der Waals surface area (Å²) in [6.45, 7) is 6.75. The Labute approximate surface area is 345 Å². The van der Waals surface area contributed by atoms with Gasteiger partial charge in [-0.25, -0.2) is 0 Å². The average molecular weight is 803 g/mol. The van der Waals surface area contributed by atoms with Gasteiger partial charge in [0.15, 0.2) is 0 Å². The van der Waals surface area contributed by atoms with Crippen LogP contribution in [0.2, 0.25) is 0 Å². The van der Waals surface area contributed by atoms with E-state index < -0.39 is 11.8 Å². The van der Waals surface area contributed by atoms with Crippen LogP contribution in [0.1, 0.15) is 174 Å². The fourth-order valence-corrected chi connectivity index (χ4v) is 10.5. The number of aliphatic hydroxyl groups is 1. The van der Waals surface area contributed by atoms with Crippen LogP contribution in [0.4, 0.5) is 0 Å². The minimum atomic E-state index is -0.724. The maximum absolute atomic E-state index is 14.1. The molecule has 0 saturated carbocycles. The van der Waals surface area contributed by atoms with Crippen LogP contribution >= 0.6 is 0 Å². The van der Waals surface area contributed by atoms with Crippen LogP contribution in [-0.4, -0.2) is 108 Å². The van der Waals surface area contributed by atoms with Crippen molar-refractivity contribution >= 4 is 11.9 Å². The predicted octanol–water partition coefficient (Wildman–Crippen LogP) is 6.33. The quantitative estimate of drug-likeness (QED) is 0.0398. The number of unbranched alkanes of at least 4 members (excludes halogenated alkanes) is 12. The number of amides is 1. The second kappa shape index (κ2) is 24.0. The summed E-state index contributed by atoms with van der Waals surface area (Å²) in [7, 11) is 0. The summed E-state index contributed by atoms with van der Waals surface area (Å²) in [6, 6.07) is 0.465. The van der Waals surface area contributed by atoms with E-state index >= 15 is 0 Å². The zero-order valence-corrected chi connectivity index (χ0v) is 35.9. The van der Waals surface area contributed by atoms with Gasteiger partial charge in [-0.2, -0.15) is 0 Å². The van der Waals surface area contributed by atoms with Gasteiger partial charge in [-0.05, 0) is 97.1 Å². The van der Waals surface area contributed by atoms with Crippen molar-refractivity contribution in [1.29, 1.82) is 0 Å². The number of ether oxygens (including phenoxy) is 3. The van der Waals surface area contributed by atoms with E-state index in [1.807, 2.05) is 0 Å². The molecule has 328 valence electrons. The van der Waals surface area contributed by atoms with E-state index in [0.29, 0.717) is 51.7 Å². The molecule has 7 N–H and O–H groups in total. The van der Waals surface area contributed by atoms with Gasteiger partial charge in [-0.3, -0.25) is 25.1 Å². The van der Waals surface area contributed by atoms with E-state index in [0.717, 1.165) is 89.9 Å². The fraction of sp³-hybridized carbons (Fsp3) is 0.911. The molecule has 0 aromatic rings. The lowest BCUT2D eigenvalue weighted by Crippen LogP contribution is -2.81. The van der Waals surface area contributed by atoms with Crippen LogP contribution in [0.15, 0.2) is 12.2 Å². The molecule has 0 radical (unpaired) electrons. The highest BCUT2D eigenvalue weighted by Gasteiger charge is 2.63. The number of rotatable bonds is 25. The van der Waals surface area contributed by atoms with E-state index in [4.69, 9.17) is 25.7 Å². The molecule has 5 aliphatic heterocycles. The third kappa shape index (κ3) is 13.4. The van der Waals surface area contributed by atoms with Gasteiger partial charge in [0.05, 0.1) is 24.9 Å². The van der Waals surface area contributed by atoms with Crippen molar-refractivity contribution in [2.75, 3.05) is 32.8 Å². The highest BCUT2D eigenvalue weighted by Crippen LogP contribution is 2.49. The minimum absolute atomic E-state index is 0.0878. The van der Waals surface area contributed by atoms with Crippen LogP contribution in [-0.2, 0) is 23.8 Å². The molecule has 0 aromatic heterocycles. The summed E-state index contributed by atoms with van der Waals surface area (Å²) < 4.78 is 19.7. The Hall–Kier alpha value is -1.64. The van der Waals surface area contributed by atoms with Crippen LogP contribution in [0.25, 0.3) is 0 Å². The number of aliphatic hydroxyl groups excluding tert-OH is 1. The summed E-state index contributed by atoms with van der Waals surface area (Å²) >= 11 is 0. The number of allylic oxidation sites excluding steroid dienone is 1. The lowest BCUT2D eigenvalue weighted by Gasteiger charge is -2.60. The number of esters is 1. The number of carbonyl (C=O) groups is 2. The van der Waals surface area contributed by atoms with E-state index in [9.17, 15) is 14.7 Å². The third-order valence-corrected chi connectivity index (χ3v) is 13.5. The molecule has 0 aromatic carbocycles. The van der Waals surface area contributed by atoms with Crippen molar-refractivity contribution in [1.82, 2.24) is 20.4 Å². The molecule has 5 rings (SSSR count). The molecule has 12 nitrogen and oxygen atoms in total. The van der Waals surface area contributed by atoms with E-state index in [2.05, 4.69) is 41.5 Å². The van der Waals surface area contributed by atoms with Gasteiger partial charge in [0.1, 0.15) is 23.7 Å². The zero-order chi connectivity index (χ0) is 40.5. The first kappa shape index (κ1) is 46.4. The van der Waals surface area contributed by atoms with Crippen LogP contribution in [0.3, 0.4) is 0 Å². The fourth-order valence-electron chi connectivity index (χ4n) is 10.5. The summed E-state index contributed by atoms with van der Waals surface area (Å²) in [5, 5.41) is 18.0. The molecule has 0 aliphatic carbocycles. The summed E-state index contributed by atoms with van der Waals surface area (Å²) in [4.78, 5) is 31.1. The van der Waals surface area contributed by atoms with Gasteiger partial charge in [-0.1, -0.05) is 89.7 Å². The van der Waals surface area contributed by atoms with Gasteiger partial charge in [0.2, 0.25) is 5.91 Å². The first-order chi connectivity index (χ1) is 27.7. The van der Waals surface area contributed by atoms with Crippen molar-refractivity contribution in [2.45, 2.75) is 223 Å². The Bertz CT molecular complexity index is 1230. The van der Waals surface area contributed by atoms with Crippen molar-refractivity contribution in [2.24, 2.45) is 17.4 Å². The monoisotopic (exact) mass is 803 g/mol. The number of hydrogen-bond acceptors (Lipinski definition) is 11. The van der Waals surface area contributed by atoms with Crippen molar-refractivity contribution in [3.63, 3.8) is 0 Å². The molecular weight excluding hydrogens is 721 g/mol. The van der Waals surface area contributed by atoms with E-state index in [1.165, 1.54) is 57.8 Å². The smallest absolute Gasteiger partial charge is 0.314 e.